The maximum atomic E-state index is 5.20. The topological polar surface area (TPSA) is 24.5 Å². The van der Waals surface area contributed by atoms with Crippen molar-refractivity contribution in [2.45, 2.75) is 87.1 Å². The summed E-state index contributed by atoms with van der Waals surface area (Å²) in [7, 11) is 0. The van der Waals surface area contributed by atoms with Gasteiger partial charge >= 0.3 is 0 Å². The lowest BCUT2D eigenvalue weighted by molar-refractivity contribution is 0.0380. The molecule has 138 valence electrons. The van der Waals surface area contributed by atoms with Crippen molar-refractivity contribution < 1.29 is 4.74 Å². The molecule has 0 atom stereocenters. The van der Waals surface area contributed by atoms with Crippen molar-refractivity contribution in [3.05, 3.63) is 0 Å². The molecule has 0 radical (unpaired) electrons. The van der Waals surface area contributed by atoms with Crippen LogP contribution in [0.15, 0.2) is 0 Å². The fourth-order valence-electron chi connectivity index (χ4n) is 1.91. The van der Waals surface area contributed by atoms with Crippen LogP contribution in [0.25, 0.3) is 0 Å². The molecule has 1 aliphatic heterocycles. The summed E-state index contributed by atoms with van der Waals surface area (Å²) in [6.07, 6.45) is 5.27. The molecule has 0 saturated carbocycles. The Balaban J connectivity index is -0.000000267. The minimum absolute atomic E-state index is 0.654. The van der Waals surface area contributed by atoms with Gasteiger partial charge in [0.05, 0.1) is 13.2 Å². The minimum atomic E-state index is 0.654. The van der Waals surface area contributed by atoms with Crippen LogP contribution in [0.4, 0.5) is 0 Å². The number of nitrogens with zero attached hydrogens (tertiary/aromatic N) is 1. The predicted molar refractivity (Wildman–Crippen MR) is 103 cm³/mol. The molecule has 1 N–H and O–H groups in total. The first kappa shape index (κ1) is 26.8. The fraction of sp³-hybridized carbons (Fsp3) is 1.00. The molecule has 1 saturated heterocycles. The molecule has 0 unspecified atom stereocenters. The molecule has 0 amide bonds. The van der Waals surface area contributed by atoms with E-state index in [-0.39, 0.29) is 0 Å². The van der Waals surface area contributed by atoms with Crippen LogP contribution in [0.5, 0.6) is 0 Å². The Labute approximate surface area is 142 Å². The number of morpholine rings is 1. The summed E-state index contributed by atoms with van der Waals surface area (Å²) >= 11 is 0. The molecule has 0 aliphatic carbocycles. The molecule has 0 aromatic carbocycles. The van der Waals surface area contributed by atoms with Gasteiger partial charge in [-0.05, 0) is 25.9 Å². The maximum absolute atomic E-state index is 5.20. The minimum Gasteiger partial charge on any atom is -0.379 e. The second kappa shape index (κ2) is 25.8. The van der Waals surface area contributed by atoms with Crippen molar-refractivity contribution in [3.63, 3.8) is 0 Å². The normalized spacial score (nSPS) is 14.0. The summed E-state index contributed by atoms with van der Waals surface area (Å²) < 4.78 is 5.20. The average molecular weight is 319 g/mol. The highest BCUT2D eigenvalue weighted by molar-refractivity contribution is 4.59. The molecular weight excluding hydrogens is 272 g/mol. The number of hydrogen-bond acceptors (Lipinski definition) is 3. The molecule has 1 fully saturated rings. The Kier molecular flexibility index (Phi) is 31.4. The lowest BCUT2D eigenvalue weighted by atomic mass is 10.2. The third kappa shape index (κ3) is 24.9. The van der Waals surface area contributed by atoms with Crippen molar-refractivity contribution in [1.82, 2.24) is 10.2 Å². The smallest absolute Gasteiger partial charge is 0.0594 e. The van der Waals surface area contributed by atoms with Crippen molar-refractivity contribution in [2.75, 3.05) is 39.4 Å². The second-order valence-corrected chi connectivity index (χ2v) is 5.27. The molecule has 1 rings (SSSR count). The summed E-state index contributed by atoms with van der Waals surface area (Å²) in [6.45, 7) is 23.4. The number of ether oxygens (including phenoxy) is 1. The SMILES string of the molecule is CC.CC.CCCCCNC(C)C.CCCN1CCOCC1. The summed E-state index contributed by atoms with van der Waals surface area (Å²) in [5, 5.41) is 3.38. The largest absolute Gasteiger partial charge is 0.379 e. The predicted octanol–water partition coefficient (Wildman–Crippen LogP) is 4.96. The van der Waals surface area contributed by atoms with E-state index in [9.17, 15) is 0 Å². The zero-order chi connectivity index (χ0) is 17.6. The number of rotatable bonds is 7. The van der Waals surface area contributed by atoms with E-state index in [1.165, 1.54) is 38.8 Å². The molecule has 1 heterocycles. The lowest BCUT2D eigenvalue weighted by Gasteiger charge is -2.25. The quantitative estimate of drug-likeness (QED) is 0.672. The van der Waals surface area contributed by atoms with Crippen LogP contribution in [-0.4, -0.2) is 50.3 Å². The van der Waals surface area contributed by atoms with Crippen molar-refractivity contribution in [1.29, 1.82) is 0 Å². The summed E-state index contributed by atoms with van der Waals surface area (Å²) in [4.78, 5) is 2.45. The van der Waals surface area contributed by atoms with E-state index in [1.54, 1.807) is 0 Å². The molecule has 0 bridgehead atoms. The van der Waals surface area contributed by atoms with Gasteiger partial charge in [-0.25, -0.2) is 0 Å². The molecule has 0 aromatic rings. The van der Waals surface area contributed by atoms with Gasteiger partial charge in [0.15, 0.2) is 0 Å². The molecule has 0 aromatic heterocycles. The van der Waals surface area contributed by atoms with E-state index in [1.807, 2.05) is 27.7 Å². The van der Waals surface area contributed by atoms with Gasteiger partial charge in [0.1, 0.15) is 0 Å². The van der Waals surface area contributed by atoms with Gasteiger partial charge in [0.25, 0.3) is 0 Å². The Morgan fingerprint density at radius 2 is 1.45 bits per heavy atom. The summed E-state index contributed by atoms with van der Waals surface area (Å²) in [5.74, 6) is 0. The third-order valence-electron chi connectivity index (χ3n) is 2.98. The second-order valence-electron chi connectivity index (χ2n) is 5.27. The van der Waals surface area contributed by atoms with Gasteiger partial charge in [-0.15, -0.1) is 0 Å². The molecule has 1 aliphatic rings. The van der Waals surface area contributed by atoms with Crippen molar-refractivity contribution in [3.8, 4) is 0 Å². The van der Waals surface area contributed by atoms with E-state index >= 15 is 0 Å². The van der Waals surface area contributed by atoms with Crippen molar-refractivity contribution >= 4 is 0 Å². The molecular formula is C19H46N2O. The van der Waals surface area contributed by atoms with Crippen LogP contribution in [0.2, 0.25) is 0 Å². The molecule has 3 heteroatoms. The van der Waals surface area contributed by atoms with Crippen LogP contribution in [-0.2, 0) is 4.74 Å². The van der Waals surface area contributed by atoms with E-state index < -0.39 is 0 Å². The van der Waals surface area contributed by atoms with Gasteiger partial charge in [-0.2, -0.15) is 0 Å². The average Bonchev–Trinajstić information content (AvgIpc) is 2.57. The zero-order valence-corrected chi connectivity index (χ0v) is 17.0. The van der Waals surface area contributed by atoms with E-state index in [4.69, 9.17) is 4.74 Å². The number of unbranched alkanes of at least 4 members (excludes halogenated alkanes) is 2. The van der Waals surface area contributed by atoms with E-state index in [0.717, 1.165) is 26.3 Å². The zero-order valence-electron chi connectivity index (χ0n) is 17.0. The standard InChI is InChI=1S/C8H19N.C7H15NO.2C2H6/c1-4-5-6-7-9-8(2)3;1-2-3-8-4-6-9-7-5-8;2*1-2/h8-9H,4-7H2,1-3H3;2-7H2,1H3;2*1-2H3. The van der Waals surface area contributed by atoms with Gasteiger partial charge in [-0.3, -0.25) is 4.90 Å². The highest BCUT2D eigenvalue weighted by atomic mass is 16.5. The van der Waals surface area contributed by atoms with Crippen LogP contribution < -0.4 is 5.32 Å². The monoisotopic (exact) mass is 318 g/mol. The first-order valence-electron chi connectivity index (χ1n) is 9.74. The molecule has 22 heavy (non-hydrogen) atoms. The van der Waals surface area contributed by atoms with E-state index in [0.29, 0.717) is 6.04 Å². The van der Waals surface area contributed by atoms with E-state index in [2.05, 4.69) is 37.9 Å². The Bertz CT molecular complexity index is 155. The first-order chi connectivity index (χ1) is 10.7. The Morgan fingerprint density at radius 1 is 0.909 bits per heavy atom. The number of hydrogen-bond donors (Lipinski definition) is 1. The van der Waals surface area contributed by atoms with Crippen LogP contribution in [0, 0.1) is 0 Å². The highest BCUT2D eigenvalue weighted by Gasteiger charge is 2.07. The molecule has 0 spiro atoms. The Morgan fingerprint density at radius 3 is 1.86 bits per heavy atom. The molecule has 3 nitrogen and oxygen atoms in total. The first-order valence-corrected chi connectivity index (χ1v) is 9.74. The van der Waals surface area contributed by atoms with Crippen LogP contribution >= 0.6 is 0 Å². The van der Waals surface area contributed by atoms with Gasteiger partial charge in [-0.1, -0.05) is 68.2 Å². The third-order valence-corrected chi connectivity index (χ3v) is 2.98. The van der Waals surface area contributed by atoms with Gasteiger partial charge < -0.3 is 10.1 Å². The van der Waals surface area contributed by atoms with Crippen LogP contribution in [0.3, 0.4) is 0 Å². The fourth-order valence-corrected chi connectivity index (χ4v) is 1.91. The van der Waals surface area contributed by atoms with Gasteiger partial charge in [0, 0.05) is 19.1 Å². The summed E-state index contributed by atoms with van der Waals surface area (Å²) in [6, 6.07) is 0.654. The van der Waals surface area contributed by atoms with Crippen molar-refractivity contribution in [2.24, 2.45) is 0 Å². The Hall–Kier alpha value is -0.120. The lowest BCUT2D eigenvalue weighted by Crippen LogP contribution is -2.36. The van der Waals surface area contributed by atoms with Gasteiger partial charge in [0.2, 0.25) is 0 Å². The van der Waals surface area contributed by atoms with Crippen LogP contribution in [0.1, 0.15) is 81.1 Å². The maximum Gasteiger partial charge on any atom is 0.0594 e. The highest BCUT2D eigenvalue weighted by Crippen LogP contribution is 1.96. The summed E-state index contributed by atoms with van der Waals surface area (Å²) in [5.41, 5.74) is 0. The number of nitrogens with one attached hydrogen (secondary N) is 1.